The number of piperazine rings is 1. The second-order valence-electron chi connectivity index (χ2n) is 5.43. The Balaban J connectivity index is 1.89. The molecule has 2 rings (SSSR count). The molecule has 0 aromatic heterocycles. The van der Waals surface area contributed by atoms with E-state index in [9.17, 15) is 12.8 Å². The molecule has 0 aliphatic carbocycles. The molecule has 1 aromatic carbocycles. The van der Waals surface area contributed by atoms with Crippen LogP contribution in [0.1, 0.15) is 6.42 Å². The van der Waals surface area contributed by atoms with Crippen LogP contribution in [-0.2, 0) is 10.0 Å². The van der Waals surface area contributed by atoms with Crippen molar-refractivity contribution in [2.24, 2.45) is 0 Å². The number of nitrogens with zero attached hydrogens (tertiary/aromatic N) is 2. The van der Waals surface area contributed by atoms with Crippen molar-refractivity contribution >= 4 is 39.1 Å². The Bertz CT molecular complexity index is 662. The number of nitrogens with one attached hydrogen (secondary N) is 1. The zero-order valence-corrected chi connectivity index (χ0v) is 16.0. The lowest BCUT2D eigenvalue weighted by Gasteiger charge is -2.35. The molecule has 1 fully saturated rings. The second-order valence-corrected chi connectivity index (χ2v) is 8.74. The van der Waals surface area contributed by atoms with Crippen molar-refractivity contribution in [3.63, 3.8) is 0 Å². The third kappa shape index (κ3) is 5.05. The zero-order chi connectivity index (χ0) is 17.6. The van der Waals surface area contributed by atoms with Crippen LogP contribution >= 0.6 is 24.0 Å². The van der Waals surface area contributed by atoms with Gasteiger partial charge in [0.05, 0.1) is 4.90 Å². The van der Waals surface area contributed by atoms with Crippen molar-refractivity contribution in [2.45, 2.75) is 11.3 Å². The molecule has 1 aliphatic heterocycles. The number of sulfonamides is 1. The molecular weight excluding hydrogens is 369 g/mol. The van der Waals surface area contributed by atoms with Gasteiger partial charge in [0.1, 0.15) is 5.82 Å². The first-order chi connectivity index (χ1) is 11.4. The van der Waals surface area contributed by atoms with Crippen LogP contribution in [0.4, 0.5) is 4.39 Å². The average Bonchev–Trinajstić information content (AvgIpc) is 2.58. The van der Waals surface area contributed by atoms with Crippen LogP contribution in [-0.4, -0.2) is 67.5 Å². The van der Waals surface area contributed by atoms with Crippen molar-refractivity contribution in [3.05, 3.63) is 30.1 Å². The molecule has 1 heterocycles. The lowest BCUT2D eigenvalue weighted by atomic mass is 10.3. The third-order valence-electron chi connectivity index (χ3n) is 3.76. The molecule has 1 N–H and O–H groups in total. The largest absolute Gasteiger partial charge is 0.363 e. The molecule has 1 aromatic rings. The van der Waals surface area contributed by atoms with Gasteiger partial charge in [-0.25, -0.2) is 12.8 Å². The first-order valence-electron chi connectivity index (χ1n) is 7.72. The smallest absolute Gasteiger partial charge is 0.243 e. The fraction of sp³-hybridized carbons (Fsp3) is 0.533. The highest BCUT2D eigenvalue weighted by Crippen LogP contribution is 2.18. The van der Waals surface area contributed by atoms with Gasteiger partial charge in [0.15, 0.2) is 5.11 Å². The summed E-state index contributed by atoms with van der Waals surface area (Å²) in [5.74, 6) is 0.528. The standard InChI is InChI=1S/C15H22FN3O2S3/c1-23-11-3-6-17-15(22)18-7-9-19(10-8-18)24(20,21)14-5-2-4-13(16)12-14/h2,4-5,12H,3,6-11H2,1H3,(H,17,22). The molecule has 9 heteroatoms. The lowest BCUT2D eigenvalue weighted by Crippen LogP contribution is -2.53. The van der Waals surface area contributed by atoms with Gasteiger partial charge in [-0.15, -0.1) is 0 Å². The summed E-state index contributed by atoms with van der Waals surface area (Å²) in [4.78, 5) is 1.97. The Morgan fingerprint density at radius 1 is 1.33 bits per heavy atom. The fourth-order valence-corrected chi connectivity index (χ4v) is 4.60. The van der Waals surface area contributed by atoms with E-state index in [1.807, 2.05) is 4.90 Å². The van der Waals surface area contributed by atoms with E-state index in [1.165, 1.54) is 22.5 Å². The van der Waals surface area contributed by atoms with Crippen LogP contribution in [0.3, 0.4) is 0 Å². The van der Waals surface area contributed by atoms with Crippen molar-refractivity contribution in [1.82, 2.24) is 14.5 Å². The number of rotatable bonds is 6. The molecule has 0 radical (unpaired) electrons. The molecule has 0 unspecified atom stereocenters. The van der Waals surface area contributed by atoms with Crippen molar-refractivity contribution in [3.8, 4) is 0 Å². The Hall–Kier alpha value is -0.900. The monoisotopic (exact) mass is 391 g/mol. The van der Waals surface area contributed by atoms with Crippen molar-refractivity contribution in [1.29, 1.82) is 0 Å². The zero-order valence-electron chi connectivity index (χ0n) is 13.6. The number of benzene rings is 1. The van der Waals surface area contributed by atoms with E-state index in [2.05, 4.69) is 11.6 Å². The Kier molecular flexibility index (Phi) is 7.27. The number of thiocarbonyl (C=S) groups is 1. The van der Waals surface area contributed by atoms with Gasteiger partial charge in [0.2, 0.25) is 10.0 Å². The predicted octanol–water partition coefficient (Wildman–Crippen LogP) is 1.76. The van der Waals surface area contributed by atoms with E-state index >= 15 is 0 Å². The minimum Gasteiger partial charge on any atom is -0.363 e. The van der Waals surface area contributed by atoms with Crippen LogP contribution < -0.4 is 5.32 Å². The summed E-state index contributed by atoms with van der Waals surface area (Å²) >= 11 is 7.15. The van der Waals surface area contributed by atoms with Gasteiger partial charge >= 0.3 is 0 Å². The first kappa shape index (κ1) is 19.4. The highest BCUT2D eigenvalue weighted by molar-refractivity contribution is 7.98. The summed E-state index contributed by atoms with van der Waals surface area (Å²) in [5.41, 5.74) is 0. The number of hydrogen-bond acceptors (Lipinski definition) is 4. The summed E-state index contributed by atoms with van der Waals surface area (Å²) in [7, 11) is -3.66. The van der Waals surface area contributed by atoms with E-state index < -0.39 is 15.8 Å². The molecule has 5 nitrogen and oxygen atoms in total. The summed E-state index contributed by atoms with van der Waals surface area (Å²) < 4.78 is 39.8. The molecule has 24 heavy (non-hydrogen) atoms. The molecule has 0 atom stereocenters. The normalized spacial score (nSPS) is 16.2. The van der Waals surface area contributed by atoms with E-state index in [4.69, 9.17) is 12.2 Å². The maximum Gasteiger partial charge on any atom is 0.243 e. The molecule has 0 bridgehead atoms. The minimum absolute atomic E-state index is 0.00582. The molecule has 1 aliphatic rings. The molecule has 1 saturated heterocycles. The van der Waals surface area contributed by atoms with Gasteiger partial charge in [0, 0.05) is 32.7 Å². The SMILES string of the molecule is CSCCCNC(=S)N1CCN(S(=O)(=O)c2cccc(F)c2)CC1. The summed E-state index contributed by atoms with van der Waals surface area (Å²) in [6.07, 6.45) is 3.10. The van der Waals surface area contributed by atoms with E-state index in [1.54, 1.807) is 11.8 Å². The maximum absolute atomic E-state index is 13.3. The average molecular weight is 392 g/mol. The number of thioether (sulfide) groups is 1. The van der Waals surface area contributed by atoms with Crippen LogP contribution in [0, 0.1) is 5.82 Å². The lowest BCUT2D eigenvalue weighted by molar-refractivity contribution is 0.264. The highest BCUT2D eigenvalue weighted by Gasteiger charge is 2.29. The van der Waals surface area contributed by atoms with E-state index in [0.29, 0.717) is 31.3 Å². The van der Waals surface area contributed by atoms with Gasteiger partial charge < -0.3 is 10.2 Å². The summed E-state index contributed by atoms with van der Waals surface area (Å²) in [6, 6.07) is 5.12. The Labute approximate surface area is 152 Å². The molecule has 134 valence electrons. The Morgan fingerprint density at radius 2 is 2.04 bits per heavy atom. The topological polar surface area (TPSA) is 52.6 Å². The maximum atomic E-state index is 13.3. The number of hydrogen-bond donors (Lipinski definition) is 1. The van der Waals surface area contributed by atoms with Crippen molar-refractivity contribution in [2.75, 3.05) is 44.7 Å². The highest BCUT2D eigenvalue weighted by atomic mass is 32.2. The van der Waals surface area contributed by atoms with Crippen LogP contribution in [0.5, 0.6) is 0 Å². The van der Waals surface area contributed by atoms with Gasteiger partial charge in [-0.3, -0.25) is 0 Å². The fourth-order valence-electron chi connectivity index (χ4n) is 2.43. The molecular formula is C15H22FN3O2S3. The summed E-state index contributed by atoms with van der Waals surface area (Å²) in [6.45, 7) is 2.56. The first-order valence-corrected chi connectivity index (χ1v) is 11.0. The van der Waals surface area contributed by atoms with Gasteiger partial charge in [-0.1, -0.05) is 6.07 Å². The van der Waals surface area contributed by atoms with E-state index in [0.717, 1.165) is 24.8 Å². The van der Waals surface area contributed by atoms with Crippen LogP contribution in [0.25, 0.3) is 0 Å². The Morgan fingerprint density at radius 3 is 2.67 bits per heavy atom. The quantitative estimate of drug-likeness (QED) is 0.589. The van der Waals surface area contributed by atoms with E-state index in [-0.39, 0.29) is 4.90 Å². The number of halogens is 1. The minimum atomic E-state index is -3.66. The van der Waals surface area contributed by atoms with Gasteiger partial charge in [-0.05, 0) is 48.8 Å². The van der Waals surface area contributed by atoms with Crippen LogP contribution in [0.2, 0.25) is 0 Å². The third-order valence-corrected chi connectivity index (χ3v) is 6.76. The molecule has 0 saturated carbocycles. The van der Waals surface area contributed by atoms with Crippen LogP contribution in [0.15, 0.2) is 29.2 Å². The second kappa shape index (κ2) is 8.98. The van der Waals surface area contributed by atoms with Gasteiger partial charge in [0.25, 0.3) is 0 Å². The predicted molar refractivity (Wildman–Crippen MR) is 100 cm³/mol. The summed E-state index contributed by atoms with van der Waals surface area (Å²) in [5, 5.41) is 3.87. The van der Waals surface area contributed by atoms with Crippen molar-refractivity contribution < 1.29 is 12.8 Å². The van der Waals surface area contributed by atoms with Gasteiger partial charge in [-0.2, -0.15) is 16.1 Å². The molecule has 0 spiro atoms. The molecule has 0 amide bonds.